The van der Waals surface area contributed by atoms with Crippen LogP contribution in [0, 0.1) is 12.7 Å². The number of carbonyl (C=O) groups excluding carboxylic acids is 1. The van der Waals surface area contributed by atoms with Crippen LogP contribution in [0.15, 0.2) is 18.2 Å². The Balaban J connectivity index is 2.94. The molecule has 0 aliphatic rings. The highest BCUT2D eigenvalue weighted by Crippen LogP contribution is 2.17. The normalized spacial score (nSPS) is 12.6. The number of benzene rings is 1. The molecule has 1 aromatic carbocycles. The minimum absolute atomic E-state index is 0.256. The Bertz CT molecular complexity index is 409. The SMILES string of the molecule is COC(=O)C(Cc1cccc(C)c1F)N(C)P. The molecular weight excluding hydrogens is 240 g/mol. The number of carbonyl (C=O) groups is 1. The lowest BCUT2D eigenvalue weighted by molar-refractivity contribution is -0.144. The Morgan fingerprint density at radius 2 is 2.24 bits per heavy atom. The van der Waals surface area contributed by atoms with Gasteiger partial charge in [0.25, 0.3) is 0 Å². The van der Waals surface area contributed by atoms with Gasteiger partial charge in [0.2, 0.25) is 0 Å². The monoisotopic (exact) mass is 257 g/mol. The molecule has 3 nitrogen and oxygen atoms in total. The van der Waals surface area contributed by atoms with Gasteiger partial charge in [0, 0.05) is 6.42 Å². The van der Waals surface area contributed by atoms with Crippen LogP contribution in [0.1, 0.15) is 11.1 Å². The number of nitrogens with zero attached hydrogens (tertiary/aromatic N) is 1. The second-order valence-corrected chi connectivity index (χ2v) is 4.77. The molecule has 0 aliphatic carbocycles. The Kier molecular flexibility index (Phi) is 5.03. The molecule has 0 aromatic heterocycles. The Morgan fingerprint density at radius 3 is 2.76 bits per heavy atom. The number of ether oxygens (including phenoxy) is 1. The average molecular weight is 257 g/mol. The highest BCUT2D eigenvalue weighted by molar-refractivity contribution is 7.13. The van der Waals surface area contributed by atoms with Gasteiger partial charge in [-0.1, -0.05) is 27.6 Å². The van der Waals surface area contributed by atoms with Crippen LogP contribution in [0.2, 0.25) is 0 Å². The molecule has 94 valence electrons. The predicted octanol–water partition coefficient (Wildman–Crippen LogP) is 1.94. The van der Waals surface area contributed by atoms with Crippen LogP contribution in [0.25, 0.3) is 0 Å². The minimum atomic E-state index is -0.499. The van der Waals surface area contributed by atoms with Gasteiger partial charge in [0.15, 0.2) is 0 Å². The van der Waals surface area contributed by atoms with Gasteiger partial charge in [-0.15, -0.1) is 0 Å². The first-order chi connectivity index (χ1) is 7.97. The van der Waals surface area contributed by atoms with Gasteiger partial charge in [-0.05, 0) is 25.1 Å². The van der Waals surface area contributed by atoms with E-state index in [0.29, 0.717) is 17.5 Å². The molecule has 1 aromatic rings. The van der Waals surface area contributed by atoms with E-state index < -0.39 is 6.04 Å². The van der Waals surface area contributed by atoms with Crippen molar-refractivity contribution in [2.24, 2.45) is 0 Å². The molecule has 2 atom stereocenters. The summed E-state index contributed by atoms with van der Waals surface area (Å²) >= 11 is 0. The van der Waals surface area contributed by atoms with Crippen molar-refractivity contribution in [1.29, 1.82) is 0 Å². The van der Waals surface area contributed by atoms with Crippen LogP contribution in [0.4, 0.5) is 4.39 Å². The molecule has 17 heavy (non-hydrogen) atoms. The van der Waals surface area contributed by atoms with Crippen molar-refractivity contribution in [2.45, 2.75) is 19.4 Å². The number of aryl methyl sites for hydroxylation is 1. The minimum Gasteiger partial charge on any atom is -0.468 e. The zero-order chi connectivity index (χ0) is 13.0. The predicted molar refractivity (Wildman–Crippen MR) is 68.1 cm³/mol. The van der Waals surface area contributed by atoms with Gasteiger partial charge in [0.05, 0.1) is 7.11 Å². The summed E-state index contributed by atoms with van der Waals surface area (Å²) in [4.78, 5) is 11.6. The summed E-state index contributed by atoms with van der Waals surface area (Å²) in [7, 11) is 5.47. The molecule has 0 aliphatic heterocycles. The van der Waals surface area contributed by atoms with Crippen molar-refractivity contribution in [3.63, 3.8) is 0 Å². The van der Waals surface area contributed by atoms with Gasteiger partial charge in [0.1, 0.15) is 11.9 Å². The Labute approximate surface area is 103 Å². The first-order valence-electron chi connectivity index (χ1n) is 5.26. The fourth-order valence-electron chi connectivity index (χ4n) is 1.60. The molecule has 0 spiro atoms. The molecule has 0 fully saturated rings. The van der Waals surface area contributed by atoms with Crippen molar-refractivity contribution in [3.05, 3.63) is 35.1 Å². The zero-order valence-electron chi connectivity index (χ0n) is 10.2. The van der Waals surface area contributed by atoms with Crippen LogP contribution < -0.4 is 0 Å². The molecule has 0 heterocycles. The molecule has 0 radical (unpaired) electrons. The molecule has 0 bridgehead atoms. The van der Waals surface area contributed by atoms with Crippen molar-refractivity contribution < 1.29 is 13.9 Å². The van der Waals surface area contributed by atoms with Crippen molar-refractivity contribution >= 4 is 15.4 Å². The van der Waals surface area contributed by atoms with Crippen LogP contribution in [-0.2, 0) is 16.0 Å². The summed E-state index contributed by atoms with van der Waals surface area (Å²) in [6.45, 7) is 1.70. The zero-order valence-corrected chi connectivity index (χ0v) is 11.4. The van der Waals surface area contributed by atoms with E-state index in [-0.39, 0.29) is 11.8 Å². The third-order valence-corrected chi connectivity index (χ3v) is 3.01. The van der Waals surface area contributed by atoms with Gasteiger partial charge >= 0.3 is 5.97 Å². The summed E-state index contributed by atoms with van der Waals surface area (Å²) in [5.74, 6) is -0.628. The van der Waals surface area contributed by atoms with E-state index >= 15 is 0 Å². The highest BCUT2D eigenvalue weighted by atomic mass is 31.0. The van der Waals surface area contributed by atoms with Gasteiger partial charge < -0.3 is 4.74 Å². The molecule has 0 saturated heterocycles. The largest absolute Gasteiger partial charge is 0.468 e. The van der Waals surface area contributed by atoms with Crippen LogP contribution >= 0.6 is 9.39 Å². The third kappa shape index (κ3) is 3.48. The van der Waals surface area contributed by atoms with E-state index in [1.165, 1.54) is 7.11 Å². The molecule has 0 saturated carbocycles. The maximum absolute atomic E-state index is 13.8. The summed E-state index contributed by atoms with van der Waals surface area (Å²) in [6, 6.07) is 4.68. The van der Waals surface area contributed by atoms with Crippen LogP contribution in [-0.4, -0.2) is 30.8 Å². The van der Waals surface area contributed by atoms with Crippen molar-refractivity contribution in [2.75, 3.05) is 14.2 Å². The van der Waals surface area contributed by atoms with E-state index in [4.69, 9.17) is 4.74 Å². The number of methoxy groups -OCH3 is 1. The summed E-state index contributed by atoms with van der Waals surface area (Å²) in [5, 5.41) is 0. The second kappa shape index (κ2) is 6.08. The lowest BCUT2D eigenvalue weighted by Crippen LogP contribution is -2.35. The van der Waals surface area contributed by atoms with E-state index in [0.717, 1.165) is 0 Å². The maximum Gasteiger partial charge on any atom is 0.323 e. The van der Waals surface area contributed by atoms with E-state index in [1.54, 1.807) is 36.8 Å². The number of halogens is 1. The topological polar surface area (TPSA) is 29.5 Å². The lowest BCUT2D eigenvalue weighted by atomic mass is 10.0. The van der Waals surface area contributed by atoms with Crippen LogP contribution in [0.5, 0.6) is 0 Å². The average Bonchev–Trinajstić information content (AvgIpc) is 2.29. The second-order valence-electron chi connectivity index (χ2n) is 3.96. The van der Waals surface area contributed by atoms with Crippen molar-refractivity contribution in [1.82, 2.24) is 4.67 Å². The van der Waals surface area contributed by atoms with Gasteiger partial charge in [-0.2, -0.15) is 0 Å². The Morgan fingerprint density at radius 1 is 1.59 bits per heavy atom. The standard InChI is InChI=1S/C12H17FNO2P/c1-8-5-4-6-9(11(8)13)7-10(14(2)17)12(15)16-3/h4-6,10H,7,17H2,1-3H3. The number of hydrogen-bond donors (Lipinski definition) is 0. The summed E-state index contributed by atoms with van der Waals surface area (Å²) in [5.41, 5.74) is 1.10. The van der Waals surface area contributed by atoms with Gasteiger partial charge in [-0.25, -0.2) is 4.39 Å². The molecule has 2 unspecified atom stereocenters. The van der Waals surface area contributed by atoms with Crippen LogP contribution in [0.3, 0.4) is 0 Å². The molecule has 0 amide bonds. The van der Waals surface area contributed by atoms with E-state index in [9.17, 15) is 9.18 Å². The van der Waals surface area contributed by atoms with E-state index in [1.807, 2.05) is 0 Å². The molecular formula is C12H17FNO2P. The number of esters is 1. The summed E-state index contributed by atoms with van der Waals surface area (Å²) < 4.78 is 20.2. The third-order valence-electron chi connectivity index (χ3n) is 2.65. The smallest absolute Gasteiger partial charge is 0.323 e. The quantitative estimate of drug-likeness (QED) is 0.610. The number of hydrogen-bond acceptors (Lipinski definition) is 3. The fraction of sp³-hybridized carbons (Fsp3) is 0.417. The molecule has 5 heteroatoms. The first kappa shape index (κ1) is 14.1. The highest BCUT2D eigenvalue weighted by Gasteiger charge is 2.23. The number of rotatable bonds is 4. The fourth-order valence-corrected chi connectivity index (χ4v) is 1.83. The first-order valence-corrected chi connectivity index (χ1v) is 5.78. The van der Waals surface area contributed by atoms with E-state index in [2.05, 4.69) is 9.39 Å². The Hall–Kier alpha value is -0.990. The van der Waals surface area contributed by atoms with Gasteiger partial charge in [-0.3, -0.25) is 9.46 Å². The molecule has 1 rings (SSSR count). The molecule has 0 N–H and O–H groups in total. The number of likely N-dealkylation sites (N-methyl/N-ethyl adjacent to an activating group) is 1. The lowest BCUT2D eigenvalue weighted by Gasteiger charge is -2.21. The maximum atomic E-state index is 13.8. The summed E-state index contributed by atoms with van der Waals surface area (Å²) in [6.07, 6.45) is 0.292. The van der Waals surface area contributed by atoms with Crippen molar-refractivity contribution in [3.8, 4) is 0 Å².